The van der Waals surface area contributed by atoms with Gasteiger partial charge in [-0.3, -0.25) is 4.79 Å². The second kappa shape index (κ2) is 6.10. The number of carbonyl (C=O) groups excluding carboxylic acids is 1. The highest BCUT2D eigenvalue weighted by atomic mass is 16.7. The third-order valence-corrected chi connectivity index (χ3v) is 6.34. The molecule has 26 heavy (non-hydrogen) atoms. The number of nitrogens with one attached hydrogen (secondary N) is 1. The number of hydrogen-bond donors (Lipinski definition) is 1. The normalized spacial score (nSPS) is 25.0. The molecule has 3 aliphatic rings. The third-order valence-electron chi connectivity index (χ3n) is 6.34. The second-order valence-corrected chi connectivity index (χ2v) is 8.00. The van der Waals surface area contributed by atoms with E-state index >= 15 is 0 Å². The number of fused-ring (bicyclic) bond motifs is 3. The van der Waals surface area contributed by atoms with Gasteiger partial charge in [-0.2, -0.15) is 0 Å². The third kappa shape index (κ3) is 2.65. The van der Waals surface area contributed by atoms with Crippen LogP contribution < -0.4 is 0 Å². The highest BCUT2D eigenvalue weighted by molar-refractivity contribution is 5.87. The summed E-state index contributed by atoms with van der Waals surface area (Å²) in [6.45, 7) is 4.98. The number of hydrogen-bond acceptors (Lipinski definition) is 3. The smallest absolute Gasteiger partial charge is 0.226 e. The molecule has 1 N–H and O–H groups in total. The first-order chi connectivity index (χ1) is 12.6. The Morgan fingerprint density at radius 1 is 1.23 bits per heavy atom. The molecule has 1 spiro atoms. The van der Waals surface area contributed by atoms with Crippen LogP contribution in [0.25, 0.3) is 10.9 Å². The fourth-order valence-corrected chi connectivity index (χ4v) is 4.85. The molecule has 1 aromatic heterocycles. The first-order valence-electron chi connectivity index (χ1n) is 9.80. The van der Waals surface area contributed by atoms with E-state index in [1.54, 1.807) is 0 Å². The molecule has 138 valence electrons. The summed E-state index contributed by atoms with van der Waals surface area (Å²) in [5.74, 6) is -0.00259. The van der Waals surface area contributed by atoms with Crippen LogP contribution in [0.1, 0.15) is 36.1 Å². The quantitative estimate of drug-likeness (QED) is 0.857. The zero-order chi connectivity index (χ0) is 17.7. The molecular formula is C21H26N2O3. The molecule has 1 atom stereocenters. The van der Waals surface area contributed by atoms with Crippen molar-refractivity contribution in [1.29, 1.82) is 0 Å². The molecule has 0 bridgehead atoms. The molecule has 5 rings (SSSR count). The molecule has 1 aliphatic carbocycles. The summed E-state index contributed by atoms with van der Waals surface area (Å²) in [6.07, 6.45) is 4.34. The van der Waals surface area contributed by atoms with Crippen LogP contribution in [0.15, 0.2) is 18.2 Å². The minimum absolute atomic E-state index is 0.0986. The average Bonchev–Trinajstić information content (AvgIpc) is 3.26. The fourth-order valence-electron chi connectivity index (χ4n) is 4.85. The number of nitrogens with zero attached hydrogens (tertiary/aromatic N) is 1. The van der Waals surface area contributed by atoms with Crippen molar-refractivity contribution < 1.29 is 14.3 Å². The maximum atomic E-state index is 13.1. The summed E-state index contributed by atoms with van der Waals surface area (Å²) in [5, 5.41) is 1.29. The van der Waals surface area contributed by atoms with Gasteiger partial charge >= 0.3 is 0 Å². The monoisotopic (exact) mass is 354 g/mol. The van der Waals surface area contributed by atoms with E-state index in [-0.39, 0.29) is 5.92 Å². The van der Waals surface area contributed by atoms with Gasteiger partial charge in [-0.25, -0.2) is 0 Å². The Balaban J connectivity index is 1.32. The Bertz CT molecular complexity index is 840. The predicted molar refractivity (Wildman–Crippen MR) is 99.0 cm³/mol. The minimum Gasteiger partial charge on any atom is -0.358 e. The maximum Gasteiger partial charge on any atom is 0.226 e. The number of rotatable bonds is 1. The highest BCUT2D eigenvalue weighted by Crippen LogP contribution is 2.35. The van der Waals surface area contributed by atoms with Crippen LogP contribution in [0.4, 0.5) is 0 Å². The first kappa shape index (κ1) is 16.3. The lowest BCUT2D eigenvalue weighted by Gasteiger charge is -2.39. The number of aromatic amines is 1. The Morgan fingerprint density at radius 2 is 2.00 bits per heavy atom. The van der Waals surface area contributed by atoms with Crippen LogP contribution in [0, 0.1) is 12.8 Å². The topological polar surface area (TPSA) is 54.6 Å². The Kier molecular flexibility index (Phi) is 3.83. The van der Waals surface area contributed by atoms with Crippen LogP contribution in [-0.4, -0.2) is 47.9 Å². The van der Waals surface area contributed by atoms with E-state index in [1.165, 1.54) is 27.7 Å². The van der Waals surface area contributed by atoms with Gasteiger partial charge in [0.25, 0.3) is 0 Å². The Hall–Kier alpha value is -1.85. The molecule has 2 fully saturated rings. The van der Waals surface area contributed by atoms with Gasteiger partial charge in [0.1, 0.15) is 0 Å². The SMILES string of the molecule is Cc1ccc2[nH]c3c(c2c1)CC(C(=O)N1CCC2(CC1)OCCO2)CC3. The number of H-pyrrole nitrogens is 1. The van der Waals surface area contributed by atoms with Gasteiger partial charge in [0.15, 0.2) is 5.79 Å². The van der Waals surface area contributed by atoms with E-state index in [0.29, 0.717) is 19.1 Å². The number of ether oxygens (including phenoxy) is 2. The van der Waals surface area contributed by atoms with Crippen LogP contribution in [0.3, 0.4) is 0 Å². The molecule has 1 amide bonds. The van der Waals surface area contributed by atoms with Gasteiger partial charge in [0.2, 0.25) is 5.91 Å². The summed E-state index contributed by atoms with van der Waals surface area (Å²) in [5.41, 5.74) is 5.14. The number of benzene rings is 1. The van der Waals surface area contributed by atoms with Crippen molar-refractivity contribution in [2.45, 2.75) is 44.8 Å². The van der Waals surface area contributed by atoms with Gasteiger partial charge in [-0.1, -0.05) is 11.6 Å². The van der Waals surface area contributed by atoms with Gasteiger partial charge in [-0.15, -0.1) is 0 Å². The summed E-state index contributed by atoms with van der Waals surface area (Å²) < 4.78 is 11.6. The molecule has 2 aliphatic heterocycles. The van der Waals surface area contributed by atoms with E-state index in [9.17, 15) is 4.79 Å². The predicted octanol–water partition coefficient (Wildman–Crippen LogP) is 2.95. The van der Waals surface area contributed by atoms with Crippen molar-refractivity contribution in [3.8, 4) is 0 Å². The number of piperidine rings is 1. The molecule has 3 heterocycles. The first-order valence-corrected chi connectivity index (χ1v) is 9.80. The molecule has 5 nitrogen and oxygen atoms in total. The van der Waals surface area contributed by atoms with Crippen LogP contribution in [0.5, 0.6) is 0 Å². The van der Waals surface area contributed by atoms with Crippen molar-refractivity contribution in [1.82, 2.24) is 9.88 Å². The number of carbonyl (C=O) groups is 1. The van der Waals surface area contributed by atoms with Gasteiger partial charge in [-0.05, 0) is 43.9 Å². The van der Waals surface area contributed by atoms with E-state index in [2.05, 4.69) is 30.1 Å². The van der Waals surface area contributed by atoms with Crippen molar-refractivity contribution in [3.05, 3.63) is 35.0 Å². The summed E-state index contributed by atoms with van der Waals surface area (Å²) in [4.78, 5) is 18.7. The van der Waals surface area contributed by atoms with Crippen molar-refractivity contribution in [3.63, 3.8) is 0 Å². The number of amides is 1. The Morgan fingerprint density at radius 3 is 2.77 bits per heavy atom. The minimum atomic E-state index is -0.412. The van der Waals surface area contributed by atoms with E-state index in [1.807, 2.05) is 4.90 Å². The lowest BCUT2D eigenvalue weighted by Crippen LogP contribution is -2.49. The lowest BCUT2D eigenvalue weighted by molar-refractivity contribution is -0.188. The lowest BCUT2D eigenvalue weighted by atomic mass is 9.85. The Labute approximate surface area is 153 Å². The second-order valence-electron chi connectivity index (χ2n) is 8.00. The van der Waals surface area contributed by atoms with Crippen LogP contribution >= 0.6 is 0 Å². The summed E-state index contributed by atoms with van der Waals surface area (Å²) >= 11 is 0. The number of aromatic nitrogens is 1. The highest BCUT2D eigenvalue weighted by Gasteiger charge is 2.42. The summed E-state index contributed by atoms with van der Waals surface area (Å²) in [6, 6.07) is 6.55. The molecule has 1 aromatic carbocycles. The van der Waals surface area contributed by atoms with Gasteiger partial charge in [0, 0.05) is 48.4 Å². The van der Waals surface area contributed by atoms with Gasteiger partial charge in [0.05, 0.1) is 13.2 Å². The maximum absolute atomic E-state index is 13.1. The van der Waals surface area contributed by atoms with Gasteiger partial charge < -0.3 is 19.4 Å². The van der Waals surface area contributed by atoms with E-state index in [4.69, 9.17) is 9.47 Å². The van der Waals surface area contributed by atoms with Crippen LogP contribution in [0.2, 0.25) is 0 Å². The number of likely N-dealkylation sites (tertiary alicyclic amines) is 1. The molecule has 1 unspecified atom stereocenters. The van der Waals surface area contributed by atoms with E-state index < -0.39 is 5.79 Å². The largest absolute Gasteiger partial charge is 0.358 e. The molecule has 0 saturated carbocycles. The zero-order valence-corrected chi connectivity index (χ0v) is 15.3. The number of aryl methyl sites for hydroxylation is 2. The van der Waals surface area contributed by atoms with Crippen molar-refractivity contribution >= 4 is 16.8 Å². The molecule has 5 heteroatoms. The van der Waals surface area contributed by atoms with Crippen molar-refractivity contribution in [2.75, 3.05) is 26.3 Å². The molecule has 2 aromatic rings. The standard InChI is InChI=1S/C21H26N2O3/c1-14-2-4-18-16(12-14)17-13-15(3-5-19(17)22-18)20(24)23-8-6-21(7-9-23)25-10-11-26-21/h2,4,12,15,22H,3,5-11,13H2,1H3. The molecule has 0 radical (unpaired) electrons. The fraction of sp³-hybridized carbons (Fsp3) is 0.571. The van der Waals surface area contributed by atoms with E-state index in [0.717, 1.165) is 45.2 Å². The zero-order valence-electron chi connectivity index (χ0n) is 15.3. The average molecular weight is 354 g/mol. The van der Waals surface area contributed by atoms with Crippen LogP contribution in [-0.2, 0) is 27.1 Å². The van der Waals surface area contributed by atoms with Crippen molar-refractivity contribution in [2.24, 2.45) is 5.92 Å². The molecule has 2 saturated heterocycles. The molecular weight excluding hydrogens is 328 g/mol. The summed E-state index contributed by atoms with van der Waals surface area (Å²) in [7, 11) is 0.